The van der Waals surface area contributed by atoms with Crippen LogP contribution in [0.5, 0.6) is 0 Å². The summed E-state index contributed by atoms with van der Waals surface area (Å²) >= 11 is 0. The normalized spacial score (nSPS) is 11.3. The lowest BCUT2D eigenvalue weighted by atomic mass is 10.1. The van der Waals surface area contributed by atoms with E-state index in [9.17, 15) is 9.18 Å². The van der Waals surface area contributed by atoms with Crippen molar-refractivity contribution in [2.24, 2.45) is 0 Å². The van der Waals surface area contributed by atoms with E-state index in [-0.39, 0.29) is 11.5 Å². The second-order valence-electron chi connectivity index (χ2n) is 5.97. The Morgan fingerprint density at radius 3 is 2.58 bits per heavy atom. The molecule has 26 heavy (non-hydrogen) atoms. The standard InChI is InChI=1S/C20H17FN2O3/c1-3-23(4-2)14-7-5-12-9-15(20(24)26-18(12)11-14)19-22-16-10-13(21)6-8-17(16)25-19/h5-11H,3-4H2,1-2H3. The molecule has 0 aliphatic heterocycles. The molecule has 6 heteroatoms. The number of fused-ring (bicyclic) bond motifs is 2. The first-order valence-electron chi connectivity index (χ1n) is 8.48. The predicted molar refractivity (Wildman–Crippen MR) is 99.0 cm³/mol. The van der Waals surface area contributed by atoms with Crippen molar-refractivity contribution in [2.45, 2.75) is 13.8 Å². The molecule has 0 N–H and O–H groups in total. The van der Waals surface area contributed by atoms with Crippen molar-refractivity contribution in [3.8, 4) is 11.5 Å². The van der Waals surface area contributed by atoms with Crippen molar-refractivity contribution in [3.05, 3.63) is 58.7 Å². The first kappa shape index (κ1) is 16.3. The van der Waals surface area contributed by atoms with Crippen LogP contribution in [0.3, 0.4) is 0 Å². The van der Waals surface area contributed by atoms with Crippen LogP contribution in [-0.4, -0.2) is 18.1 Å². The molecule has 0 atom stereocenters. The van der Waals surface area contributed by atoms with Crippen molar-refractivity contribution in [1.82, 2.24) is 4.98 Å². The summed E-state index contributed by atoms with van der Waals surface area (Å²) in [5.74, 6) is -0.291. The highest BCUT2D eigenvalue weighted by atomic mass is 19.1. The van der Waals surface area contributed by atoms with Gasteiger partial charge in [-0.15, -0.1) is 0 Å². The van der Waals surface area contributed by atoms with Crippen LogP contribution in [-0.2, 0) is 0 Å². The van der Waals surface area contributed by atoms with Gasteiger partial charge in [0.2, 0.25) is 5.89 Å². The van der Waals surface area contributed by atoms with Crippen LogP contribution in [0.2, 0.25) is 0 Å². The third kappa shape index (κ3) is 2.73. The van der Waals surface area contributed by atoms with Gasteiger partial charge in [0.25, 0.3) is 0 Å². The topological polar surface area (TPSA) is 59.5 Å². The number of hydrogen-bond donors (Lipinski definition) is 0. The highest BCUT2D eigenvalue weighted by molar-refractivity contribution is 5.84. The Hall–Kier alpha value is -3.15. The van der Waals surface area contributed by atoms with Gasteiger partial charge in [-0.1, -0.05) is 0 Å². The highest BCUT2D eigenvalue weighted by Gasteiger charge is 2.15. The maximum atomic E-state index is 13.3. The number of hydrogen-bond acceptors (Lipinski definition) is 5. The lowest BCUT2D eigenvalue weighted by molar-refractivity contribution is 0.553. The summed E-state index contributed by atoms with van der Waals surface area (Å²) in [5.41, 5.74) is 1.95. The van der Waals surface area contributed by atoms with Gasteiger partial charge in [-0.2, -0.15) is 0 Å². The minimum Gasteiger partial charge on any atom is -0.436 e. The number of anilines is 1. The van der Waals surface area contributed by atoms with Crippen molar-refractivity contribution >= 4 is 27.8 Å². The predicted octanol–water partition coefficient (Wildman–Crippen LogP) is 4.59. The third-order valence-electron chi connectivity index (χ3n) is 4.43. The molecule has 0 aliphatic rings. The van der Waals surface area contributed by atoms with Gasteiger partial charge in [0, 0.05) is 36.3 Å². The molecule has 0 saturated heterocycles. The highest BCUT2D eigenvalue weighted by Crippen LogP contribution is 2.27. The summed E-state index contributed by atoms with van der Waals surface area (Å²) in [6.07, 6.45) is 0. The van der Waals surface area contributed by atoms with Gasteiger partial charge in [0.1, 0.15) is 22.5 Å². The van der Waals surface area contributed by atoms with Gasteiger partial charge in [-0.25, -0.2) is 14.2 Å². The second kappa shape index (κ2) is 6.29. The molecule has 0 radical (unpaired) electrons. The van der Waals surface area contributed by atoms with E-state index in [1.807, 2.05) is 18.2 Å². The van der Waals surface area contributed by atoms with E-state index in [4.69, 9.17) is 8.83 Å². The van der Waals surface area contributed by atoms with Gasteiger partial charge in [0.15, 0.2) is 5.58 Å². The number of aromatic nitrogens is 1. The molecule has 2 aromatic heterocycles. The zero-order chi connectivity index (χ0) is 18.3. The molecule has 0 saturated carbocycles. The summed E-state index contributed by atoms with van der Waals surface area (Å²) < 4.78 is 24.4. The van der Waals surface area contributed by atoms with Crippen molar-refractivity contribution in [2.75, 3.05) is 18.0 Å². The number of halogens is 1. The van der Waals surface area contributed by atoms with Crippen molar-refractivity contribution in [1.29, 1.82) is 0 Å². The average molecular weight is 352 g/mol. The maximum Gasteiger partial charge on any atom is 0.349 e. The van der Waals surface area contributed by atoms with E-state index in [0.29, 0.717) is 16.7 Å². The van der Waals surface area contributed by atoms with Gasteiger partial charge in [-0.05, 0) is 44.2 Å². The zero-order valence-corrected chi connectivity index (χ0v) is 14.5. The Balaban J connectivity index is 1.84. The molecule has 132 valence electrons. The third-order valence-corrected chi connectivity index (χ3v) is 4.43. The van der Waals surface area contributed by atoms with Crippen molar-refractivity contribution in [3.63, 3.8) is 0 Å². The molecule has 0 spiro atoms. The molecule has 4 rings (SSSR count). The number of nitrogens with zero attached hydrogens (tertiary/aromatic N) is 2. The van der Waals surface area contributed by atoms with Gasteiger partial charge in [0.05, 0.1) is 0 Å². The molecule has 4 aromatic rings. The van der Waals surface area contributed by atoms with Crippen LogP contribution in [0.25, 0.3) is 33.5 Å². The largest absolute Gasteiger partial charge is 0.436 e. The summed E-state index contributed by atoms with van der Waals surface area (Å²) in [4.78, 5) is 18.8. The van der Waals surface area contributed by atoms with E-state index < -0.39 is 11.4 Å². The molecule has 0 unspecified atom stereocenters. The number of benzene rings is 2. The fourth-order valence-corrected chi connectivity index (χ4v) is 3.05. The van der Waals surface area contributed by atoms with Gasteiger partial charge < -0.3 is 13.7 Å². The SMILES string of the molecule is CCN(CC)c1ccc2cc(-c3nc4cc(F)ccc4o3)c(=O)oc2c1. The van der Waals surface area contributed by atoms with Crippen LogP contribution in [0, 0.1) is 5.82 Å². The minimum absolute atomic E-state index is 0.120. The van der Waals surface area contributed by atoms with E-state index >= 15 is 0 Å². The Morgan fingerprint density at radius 2 is 1.81 bits per heavy atom. The molecule has 0 bridgehead atoms. The smallest absolute Gasteiger partial charge is 0.349 e. The van der Waals surface area contributed by atoms with Crippen LogP contribution in [0.4, 0.5) is 10.1 Å². The molecule has 2 heterocycles. The van der Waals surface area contributed by atoms with E-state index in [1.54, 1.807) is 6.07 Å². The Labute approximate surface area is 148 Å². The summed E-state index contributed by atoms with van der Waals surface area (Å²) in [6.45, 7) is 5.87. The maximum absolute atomic E-state index is 13.3. The lowest BCUT2D eigenvalue weighted by Crippen LogP contribution is -2.21. The number of rotatable bonds is 4. The van der Waals surface area contributed by atoms with Crippen molar-refractivity contribution < 1.29 is 13.2 Å². The average Bonchev–Trinajstić information content (AvgIpc) is 3.05. The lowest BCUT2D eigenvalue weighted by Gasteiger charge is -2.20. The molecular formula is C20H17FN2O3. The van der Waals surface area contributed by atoms with Gasteiger partial charge >= 0.3 is 5.63 Å². The summed E-state index contributed by atoms with van der Waals surface area (Å²) in [6, 6.07) is 11.5. The van der Waals surface area contributed by atoms with E-state index in [2.05, 4.69) is 23.7 Å². The molecule has 0 amide bonds. The fourth-order valence-electron chi connectivity index (χ4n) is 3.05. The minimum atomic E-state index is -0.541. The monoisotopic (exact) mass is 352 g/mol. The Morgan fingerprint density at radius 1 is 1.00 bits per heavy atom. The Kier molecular flexibility index (Phi) is 3.95. The van der Waals surface area contributed by atoms with Crippen LogP contribution < -0.4 is 10.5 Å². The fraction of sp³-hybridized carbons (Fsp3) is 0.200. The number of oxazole rings is 1. The second-order valence-corrected chi connectivity index (χ2v) is 5.97. The van der Waals surface area contributed by atoms with Crippen LogP contribution in [0.15, 0.2) is 56.1 Å². The first-order valence-corrected chi connectivity index (χ1v) is 8.48. The molecular weight excluding hydrogens is 335 g/mol. The van der Waals surface area contributed by atoms with Crippen LogP contribution >= 0.6 is 0 Å². The van der Waals surface area contributed by atoms with Gasteiger partial charge in [-0.3, -0.25) is 0 Å². The summed E-state index contributed by atoms with van der Waals surface area (Å²) in [7, 11) is 0. The quantitative estimate of drug-likeness (QED) is 0.503. The van der Waals surface area contributed by atoms with E-state index in [0.717, 1.165) is 24.2 Å². The zero-order valence-electron chi connectivity index (χ0n) is 14.5. The van der Waals surface area contributed by atoms with E-state index in [1.165, 1.54) is 18.2 Å². The van der Waals surface area contributed by atoms with Crippen LogP contribution in [0.1, 0.15) is 13.8 Å². The molecule has 0 fully saturated rings. The molecule has 5 nitrogen and oxygen atoms in total. The first-order chi connectivity index (χ1) is 12.6. The molecule has 2 aromatic carbocycles. The Bertz CT molecular complexity index is 1160. The summed E-state index contributed by atoms with van der Waals surface area (Å²) in [5, 5.41) is 0.768. The molecule has 0 aliphatic carbocycles.